The number of ether oxygens (including phenoxy) is 1. The molecule has 1 aliphatic heterocycles. The zero-order chi connectivity index (χ0) is 18.3. The summed E-state index contributed by atoms with van der Waals surface area (Å²) in [5.41, 5.74) is 3.60. The van der Waals surface area contributed by atoms with Crippen LogP contribution in [0.15, 0.2) is 4.52 Å². The first-order chi connectivity index (χ1) is 11.9. The summed E-state index contributed by atoms with van der Waals surface area (Å²) < 4.78 is 12.5. The predicted octanol–water partition coefficient (Wildman–Crippen LogP) is 2.81. The van der Waals surface area contributed by atoms with E-state index in [9.17, 15) is 4.79 Å². The maximum absolute atomic E-state index is 13.2. The predicted molar refractivity (Wildman–Crippen MR) is 92.6 cm³/mol. The molecule has 0 bridgehead atoms. The molecule has 0 unspecified atom stereocenters. The number of amides is 1. The highest BCUT2D eigenvalue weighted by Crippen LogP contribution is 2.40. The summed E-state index contributed by atoms with van der Waals surface area (Å²) in [6, 6.07) is -0.000859. The number of hydrogen-bond acceptors (Lipinski definition) is 5. The number of carbonyl (C=O) groups excluding carboxylic acids is 1. The highest BCUT2D eigenvalue weighted by atomic mass is 16.5. The lowest BCUT2D eigenvalue weighted by molar-refractivity contribution is -0.133. The Morgan fingerprint density at radius 3 is 2.64 bits per heavy atom. The van der Waals surface area contributed by atoms with Gasteiger partial charge in [-0.15, -0.1) is 0 Å². The second kappa shape index (κ2) is 6.54. The third-order valence-corrected chi connectivity index (χ3v) is 5.17. The van der Waals surface area contributed by atoms with Crippen molar-refractivity contribution in [3.63, 3.8) is 0 Å². The second-order valence-electron chi connectivity index (χ2n) is 6.78. The van der Waals surface area contributed by atoms with Gasteiger partial charge >= 0.3 is 0 Å². The summed E-state index contributed by atoms with van der Waals surface area (Å²) >= 11 is 0. The maximum atomic E-state index is 13.2. The molecule has 0 aromatic carbocycles. The van der Waals surface area contributed by atoms with E-state index in [1.165, 1.54) is 0 Å². The normalized spacial score (nSPS) is 18.6. The van der Waals surface area contributed by atoms with Gasteiger partial charge in [0.25, 0.3) is 0 Å². The molecule has 1 amide bonds. The van der Waals surface area contributed by atoms with E-state index in [-0.39, 0.29) is 17.9 Å². The number of aromatic nitrogens is 3. The molecule has 0 N–H and O–H groups in total. The lowest BCUT2D eigenvalue weighted by atomic mass is 9.96. The van der Waals surface area contributed by atoms with Crippen LogP contribution in [0.1, 0.15) is 60.0 Å². The minimum atomic E-state index is -0.283. The Morgan fingerprint density at radius 2 is 2.04 bits per heavy atom. The molecule has 7 nitrogen and oxygen atoms in total. The fourth-order valence-corrected chi connectivity index (χ4v) is 4.09. The highest BCUT2D eigenvalue weighted by molar-refractivity contribution is 5.84. The fourth-order valence-electron chi connectivity index (χ4n) is 4.09. The van der Waals surface area contributed by atoms with Crippen molar-refractivity contribution in [2.75, 3.05) is 13.7 Å². The van der Waals surface area contributed by atoms with Gasteiger partial charge in [0.15, 0.2) is 0 Å². The molecule has 3 rings (SSSR count). The summed E-state index contributed by atoms with van der Waals surface area (Å²) in [4.78, 5) is 15.2. The van der Waals surface area contributed by atoms with Crippen LogP contribution in [-0.4, -0.2) is 39.4 Å². The minimum absolute atomic E-state index is 0.000859. The van der Waals surface area contributed by atoms with Crippen LogP contribution in [0.2, 0.25) is 0 Å². The molecule has 3 heterocycles. The van der Waals surface area contributed by atoms with Crippen molar-refractivity contribution >= 4 is 5.91 Å². The standard InChI is InChI=1S/C18H26N4O3/c1-10(15-12(3)20-25-13(15)4)17(23)22-9-7-8-14(22)16-11(2)19-21(5)18(16)24-6/h10,14H,7-9H2,1-6H3/t10-,14-/m1/s1. The van der Waals surface area contributed by atoms with Crippen LogP contribution in [0, 0.1) is 20.8 Å². The van der Waals surface area contributed by atoms with Gasteiger partial charge < -0.3 is 14.2 Å². The van der Waals surface area contributed by atoms with Crippen molar-refractivity contribution in [2.45, 2.75) is 52.5 Å². The first kappa shape index (κ1) is 17.5. The molecular formula is C18H26N4O3. The summed E-state index contributed by atoms with van der Waals surface area (Å²) in [5, 5.41) is 8.46. The van der Waals surface area contributed by atoms with Gasteiger partial charge in [-0.1, -0.05) is 5.16 Å². The third kappa shape index (κ3) is 2.81. The van der Waals surface area contributed by atoms with E-state index >= 15 is 0 Å². The minimum Gasteiger partial charge on any atom is -0.481 e. The second-order valence-corrected chi connectivity index (χ2v) is 6.78. The lowest BCUT2D eigenvalue weighted by Gasteiger charge is -2.28. The highest BCUT2D eigenvalue weighted by Gasteiger charge is 2.38. The number of nitrogens with zero attached hydrogens (tertiary/aromatic N) is 4. The molecule has 1 aliphatic rings. The van der Waals surface area contributed by atoms with Crippen LogP contribution in [0.25, 0.3) is 0 Å². The molecular weight excluding hydrogens is 320 g/mol. The van der Waals surface area contributed by atoms with Crippen molar-refractivity contribution in [3.8, 4) is 5.88 Å². The van der Waals surface area contributed by atoms with Crippen molar-refractivity contribution < 1.29 is 14.1 Å². The summed E-state index contributed by atoms with van der Waals surface area (Å²) in [5.74, 6) is 1.26. The number of rotatable bonds is 4. The van der Waals surface area contributed by atoms with E-state index in [0.717, 1.165) is 47.8 Å². The Balaban J connectivity index is 1.93. The average Bonchev–Trinajstić information content (AvgIpc) is 3.23. The van der Waals surface area contributed by atoms with E-state index in [1.807, 2.05) is 39.6 Å². The lowest BCUT2D eigenvalue weighted by Crippen LogP contribution is -2.34. The van der Waals surface area contributed by atoms with Gasteiger partial charge in [0.2, 0.25) is 11.8 Å². The van der Waals surface area contributed by atoms with Gasteiger partial charge in [-0.05, 0) is 40.5 Å². The first-order valence-electron chi connectivity index (χ1n) is 8.67. The molecule has 0 aliphatic carbocycles. The number of likely N-dealkylation sites (tertiary alicyclic amines) is 1. The quantitative estimate of drug-likeness (QED) is 0.851. The molecule has 1 fully saturated rings. The zero-order valence-electron chi connectivity index (χ0n) is 15.8. The van der Waals surface area contributed by atoms with E-state index in [1.54, 1.807) is 11.8 Å². The van der Waals surface area contributed by atoms with Crippen LogP contribution >= 0.6 is 0 Å². The number of methoxy groups -OCH3 is 1. The molecule has 25 heavy (non-hydrogen) atoms. The smallest absolute Gasteiger partial charge is 0.230 e. The SMILES string of the molecule is COc1c([C@H]2CCCN2C(=O)[C@H](C)c2c(C)noc2C)c(C)nn1C. The third-order valence-electron chi connectivity index (χ3n) is 5.17. The van der Waals surface area contributed by atoms with Crippen molar-refractivity contribution in [3.05, 3.63) is 28.3 Å². The van der Waals surface area contributed by atoms with Gasteiger partial charge in [-0.3, -0.25) is 4.79 Å². The molecule has 0 radical (unpaired) electrons. The molecule has 0 spiro atoms. The zero-order valence-corrected chi connectivity index (χ0v) is 15.8. The van der Waals surface area contributed by atoms with Gasteiger partial charge in [0.1, 0.15) is 5.76 Å². The van der Waals surface area contributed by atoms with Crippen molar-refractivity contribution in [2.24, 2.45) is 7.05 Å². The van der Waals surface area contributed by atoms with Gasteiger partial charge in [0.05, 0.1) is 36.0 Å². The molecule has 2 aromatic heterocycles. The molecule has 0 saturated carbocycles. The monoisotopic (exact) mass is 346 g/mol. The molecule has 7 heteroatoms. The van der Waals surface area contributed by atoms with Crippen molar-refractivity contribution in [1.29, 1.82) is 0 Å². The number of carbonyl (C=O) groups is 1. The van der Waals surface area contributed by atoms with Crippen LogP contribution in [-0.2, 0) is 11.8 Å². The largest absolute Gasteiger partial charge is 0.481 e. The van der Waals surface area contributed by atoms with Gasteiger partial charge in [0, 0.05) is 19.2 Å². The Labute approximate surface area is 147 Å². The first-order valence-corrected chi connectivity index (χ1v) is 8.67. The average molecular weight is 346 g/mol. The molecule has 2 aromatic rings. The number of hydrogen-bond donors (Lipinski definition) is 0. The van der Waals surface area contributed by atoms with E-state index in [0.29, 0.717) is 5.76 Å². The Kier molecular flexibility index (Phi) is 4.58. The topological polar surface area (TPSA) is 73.4 Å². The van der Waals surface area contributed by atoms with Crippen molar-refractivity contribution in [1.82, 2.24) is 19.8 Å². The summed E-state index contributed by atoms with van der Waals surface area (Å²) in [6.07, 6.45) is 1.89. The Morgan fingerprint density at radius 1 is 1.32 bits per heavy atom. The van der Waals surface area contributed by atoms with Crippen LogP contribution < -0.4 is 4.74 Å². The molecule has 2 atom stereocenters. The summed E-state index contributed by atoms with van der Waals surface area (Å²) in [7, 11) is 3.51. The maximum Gasteiger partial charge on any atom is 0.230 e. The van der Waals surface area contributed by atoms with E-state index in [4.69, 9.17) is 9.26 Å². The fraction of sp³-hybridized carbons (Fsp3) is 0.611. The van der Waals surface area contributed by atoms with E-state index < -0.39 is 0 Å². The molecule has 136 valence electrons. The summed E-state index contributed by atoms with van der Waals surface area (Å²) in [6.45, 7) is 8.38. The van der Waals surface area contributed by atoms with Crippen LogP contribution in [0.3, 0.4) is 0 Å². The van der Waals surface area contributed by atoms with Gasteiger partial charge in [-0.2, -0.15) is 5.10 Å². The van der Waals surface area contributed by atoms with Crippen LogP contribution in [0.4, 0.5) is 0 Å². The van der Waals surface area contributed by atoms with Crippen LogP contribution in [0.5, 0.6) is 5.88 Å². The Hall–Kier alpha value is -2.31. The number of aryl methyl sites for hydroxylation is 4. The Bertz CT molecular complexity index is 773. The van der Waals surface area contributed by atoms with Gasteiger partial charge in [-0.25, -0.2) is 4.68 Å². The molecule has 1 saturated heterocycles. The van der Waals surface area contributed by atoms with E-state index in [2.05, 4.69) is 10.3 Å².